The summed E-state index contributed by atoms with van der Waals surface area (Å²) >= 11 is 0. The topological polar surface area (TPSA) is 360 Å². The lowest BCUT2D eigenvalue weighted by molar-refractivity contribution is -0.153. The zero-order valence-corrected chi connectivity index (χ0v) is 78.3. The molecule has 10 aromatic carbocycles. The molecule has 0 aromatic heterocycles. The van der Waals surface area contributed by atoms with Gasteiger partial charge in [-0.25, -0.2) is 52.3 Å². The number of rotatable bonds is 52. The number of esters is 13. The van der Waals surface area contributed by atoms with Crippen molar-refractivity contribution in [1.29, 1.82) is 0 Å². The van der Waals surface area contributed by atoms with E-state index in [0.717, 1.165) is 117 Å². The number of unbranched alkanes of at least 4 members (excludes halogenated alkanes) is 3. The molecule has 142 heavy (non-hydrogen) atoms. The molecule has 29 heteroatoms. The lowest BCUT2D eigenvalue weighted by Gasteiger charge is -2.09. The summed E-state index contributed by atoms with van der Waals surface area (Å²) in [4.78, 5) is 151. The highest BCUT2D eigenvalue weighted by atomic mass is 19.1. The van der Waals surface area contributed by atoms with E-state index in [9.17, 15) is 62.3 Å². The van der Waals surface area contributed by atoms with E-state index in [0.29, 0.717) is 95.7 Å². The van der Waals surface area contributed by atoms with Crippen molar-refractivity contribution >= 4 is 95.8 Å². The van der Waals surface area contributed by atoms with Gasteiger partial charge in [-0.05, 0) is 209 Å². The summed E-state index contributed by atoms with van der Waals surface area (Å²) in [6, 6.07) is 69.2. The highest BCUT2D eigenvalue weighted by Gasteiger charge is 2.17. The molecule has 0 amide bonds. The second-order valence-corrected chi connectivity index (χ2v) is 30.2. The van der Waals surface area contributed by atoms with E-state index in [1.807, 2.05) is 84.9 Å². The van der Waals surface area contributed by atoms with Crippen LogP contribution in [-0.4, -0.2) is 150 Å². The number of carbonyl (C=O) groups excluding carboxylic acids is 13. The van der Waals surface area contributed by atoms with E-state index in [2.05, 4.69) is 44.2 Å². The summed E-state index contributed by atoms with van der Waals surface area (Å²) < 4.78 is 92.2. The second-order valence-electron chi connectivity index (χ2n) is 30.2. The first kappa shape index (κ1) is 110. The zero-order valence-electron chi connectivity index (χ0n) is 78.3. The summed E-state index contributed by atoms with van der Waals surface area (Å²) in [5.41, 5.74) is 11.3. The van der Waals surface area contributed by atoms with Crippen LogP contribution in [0, 0.1) is 5.82 Å². The Hall–Kier alpha value is -17.5. The van der Waals surface area contributed by atoms with Crippen LogP contribution in [0.3, 0.4) is 0 Å². The van der Waals surface area contributed by atoms with E-state index in [1.54, 1.807) is 165 Å². The van der Waals surface area contributed by atoms with Crippen LogP contribution in [0.5, 0.6) is 34.5 Å². The van der Waals surface area contributed by atoms with E-state index in [4.69, 9.17) is 66.3 Å². The van der Waals surface area contributed by atoms with Crippen molar-refractivity contribution in [1.82, 2.24) is 0 Å². The first-order valence-corrected chi connectivity index (χ1v) is 44.9. The Morgan fingerprint density at radius 3 is 1.00 bits per heavy atom. The van der Waals surface area contributed by atoms with Gasteiger partial charge < -0.3 is 71.1 Å². The molecule has 0 atom stereocenters. The van der Waals surface area contributed by atoms with Crippen LogP contribution >= 0.6 is 0 Å². The molecule has 734 valence electrons. The van der Waals surface area contributed by atoms with Crippen LogP contribution < -0.4 is 28.4 Å². The molecule has 0 fully saturated rings. The third-order valence-corrected chi connectivity index (χ3v) is 19.7. The number of hydrogen-bond acceptors (Lipinski definition) is 28. The maximum absolute atomic E-state index is 15.0. The molecule has 0 radical (unpaired) electrons. The fourth-order valence-corrected chi connectivity index (χ4v) is 12.3. The predicted molar refractivity (Wildman–Crippen MR) is 529 cm³/mol. The number of hydrogen-bond donors (Lipinski definition) is 0. The predicted octanol–water partition coefficient (Wildman–Crippen LogP) is 19.6. The summed E-state index contributed by atoms with van der Waals surface area (Å²) in [5.74, 6) is -4.66. The molecule has 10 aromatic rings. The summed E-state index contributed by atoms with van der Waals surface area (Å²) in [6.45, 7) is 23.2. The molecular weight excluding hydrogens is 1820 g/mol. The highest BCUT2D eigenvalue weighted by Crippen LogP contribution is 2.31. The first-order chi connectivity index (χ1) is 68.7. The molecule has 0 saturated heterocycles. The number of ether oxygens (including phenoxy) is 15. The minimum Gasteiger partial charge on any atom is -0.494 e. The fraction of sp³-hybridized carbons (Fsp3) is 0.195. The van der Waals surface area contributed by atoms with E-state index >= 15 is 4.39 Å². The summed E-state index contributed by atoms with van der Waals surface area (Å²) in [5, 5.41) is 0. The monoisotopic (exact) mass is 1930 g/mol. The lowest BCUT2D eigenvalue weighted by atomic mass is 10.0. The normalized spacial score (nSPS) is 10.5. The van der Waals surface area contributed by atoms with Crippen molar-refractivity contribution < 1.29 is 138 Å². The van der Waals surface area contributed by atoms with Gasteiger partial charge >= 0.3 is 77.6 Å². The lowest BCUT2D eigenvalue weighted by Crippen LogP contribution is -2.16. The number of halogens is 1. The van der Waals surface area contributed by atoms with Crippen LogP contribution in [0.25, 0.3) is 62.7 Å². The molecule has 0 saturated carbocycles. The minimum atomic E-state index is -0.677. The van der Waals surface area contributed by atoms with Gasteiger partial charge in [-0.2, -0.15) is 0 Å². The van der Waals surface area contributed by atoms with Gasteiger partial charge in [-0.3, -0.25) is 14.4 Å². The van der Waals surface area contributed by atoms with Crippen LogP contribution in [0.4, 0.5) is 4.39 Å². The molecule has 0 aliphatic carbocycles. The van der Waals surface area contributed by atoms with Gasteiger partial charge in [0.25, 0.3) is 0 Å². The average Bonchev–Trinajstić information content (AvgIpc) is 0.825. The maximum atomic E-state index is 15.0. The summed E-state index contributed by atoms with van der Waals surface area (Å²) in [7, 11) is 0. The van der Waals surface area contributed by atoms with E-state index in [-0.39, 0.29) is 72.1 Å². The summed E-state index contributed by atoms with van der Waals surface area (Å²) in [6.07, 6.45) is 18.7. The Bertz CT molecular complexity index is 6040. The molecule has 0 N–H and O–H groups in total. The molecular formula is C113H107FO28. The van der Waals surface area contributed by atoms with Crippen molar-refractivity contribution in [3.8, 4) is 79.0 Å². The van der Waals surface area contributed by atoms with Gasteiger partial charge in [-0.15, -0.1) is 0 Å². The fourth-order valence-electron chi connectivity index (χ4n) is 12.3. The van der Waals surface area contributed by atoms with Crippen molar-refractivity contribution in [2.24, 2.45) is 0 Å². The molecule has 0 aliphatic rings. The maximum Gasteiger partial charge on any atom is 0.338 e. The van der Waals surface area contributed by atoms with Gasteiger partial charge in [0.1, 0.15) is 73.3 Å². The Kier molecular flexibility index (Phi) is 47.6. The molecule has 28 nitrogen and oxygen atoms in total. The van der Waals surface area contributed by atoms with Crippen molar-refractivity contribution in [3.05, 3.63) is 369 Å². The van der Waals surface area contributed by atoms with Gasteiger partial charge in [0, 0.05) is 79.0 Å². The second kappa shape index (κ2) is 61.6. The smallest absolute Gasteiger partial charge is 0.338 e. The SMILES string of the molecule is C=CC(=O)OCCCCCCOc1ccc(-c2ccc(/C=C/C(=O)Oc3ccc(-c4ccc(C(=O)OCCOC(=O)C=C)cc4)cc3)cc2F)cc1.C=CC(=O)OCCOC(=O)CCC(=O)OCCC(=O)Oc1ccc(-c2ccc(/C=C/C(=O)Oc3ccc(CCOC(=O)C=C)cc3)cc2)cc1.C=CC(=O)OCCc1ccc(OC(=O)/C=C/c2ccc(-c3ccc(OCCCOC(=O)C(=C)C)cc3)cc2)cc1. The Morgan fingerprint density at radius 1 is 0.275 bits per heavy atom. The largest absolute Gasteiger partial charge is 0.494 e. The van der Waals surface area contributed by atoms with Crippen molar-refractivity contribution in [3.63, 3.8) is 0 Å². The highest BCUT2D eigenvalue weighted by molar-refractivity contribution is 5.93. The van der Waals surface area contributed by atoms with Crippen LogP contribution in [0.1, 0.15) is 96.5 Å². The van der Waals surface area contributed by atoms with Crippen molar-refractivity contribution in [2.45, 2.75) is 71.1 Å². The van der Waals surface area contributed by atoms with Gasteiger partial charge in [-0.1, -0.05) is 185 Å². The van der Waals surface area contributed by atoms with Gasteiger partial charge in [0.15, 0.2) is 0 Å². The van der Waals surface area contributed by atoms with Crippen LogP contribution in [0.2, 0.25) is 0 Å². The Balaban J connectivity index is 0.000000263. The molecule has 0 bridgehead atoms. The molecule has 10 rings (SSSR count). The number of carbonyl (C=O) groups is 13. The average molecular weight is 1930 g/mol. The molecule has 0 heterocycles. The first-order valence-electron chi connectivity index (χ1n) is 44.9. The van der Waals surface area contributed by atoms with Gasteiger partial charge in [0.05, 0.1) is 64.5 Å². The van der Waals surface area contributed by atoms with Crippen LogP contribution in [-0.2, 0) is 113 Å². The van der Waals surface area contributed by atoms with Crippen LogP contribution in [0.15, 0.2) is 330 Å². The molecule has 0 spiro atoms. The molecule has 0 unspecified atom stereocenters. The van der Waals surface area contributed by atoms with E-state index in [1.165, 1.54) is 30.4 Å². The number of benzene rings is 10. The van der Waals surface area contributed by atoms with Gasteiger partial charge in [0.2, 0.25) is 0 Å². The van der Waals surface area contributed by atoms with E-state index < -0.39 is 83.4 Å². The Morgan fingerprint density at radius 2 is 0.592 bits per heavy atom. The molecule has 0 aliphatic heterocycles. The quantitative estimate of drug-likeness (QED) is 0.0112. The third-order valence-electron chi connectivity index (χ3n) is 19.7. The third kappa shape index (κ3) is 42.4. The standard InChI is InChI=1S/C42H39FO9.C38H36O12.C33H32O7/c1-3-39(44)49-26-8-6-5-7-25-48-35-19-17-33(18-20-35)37-23-9-30(29-38(37)43)10-24-41(46)52-36-21-15-32(16-22-36)31-11-13-34(14-12-31)42(47)51-28-27-50-40(45)4-2;1-3-33(39)45-23-21-28-7-14-31(15-8-28)49-37(43)18-9-27-5-10-29(11-6-27)30-12-16-32(17-13-30)50-38(44)22-24-46-35(41)19-20-36(42)48-26-25-47-34(40)4-2;1-4-31(34)38-23-20-26-8-15-30(16-9-26)40-32(35)19-10-25-6-11-27(12-7-25)28-13-17-29(18-14-28)37-21-5-22-39-33(36)24(2)3/h3-4,9-24,29H,1-2,5-8,25-28H2;3-18H,1-2,19-26H2;4,6-19H,1-2,5,20-23H2,3H3/b24-10+;18-9+;19-10+. The minimum absolute atomic E-state index is 0.0649. The Labute approximate surface area is 821 Å². The zero-order chi connectivity index (χ0) is 102. The van der Waals surface area contributed by atoms with Crippen molar-refractivity contribution in [2.75, 3.05) is 72.7 Å².